The Hall–Kier alpha value is -2.53. The minimum absolute atomic E-state index is 0.246. The molecule has 0 spiro atoms. The number of hydrogen-bond acceptors (Lipinski definition) is 3. The maximum absolute atomic E-state index is 12.0. The molecule has 2 amide bonds. The minimum atomic E-state index is -0.569. The minimum Gasteiger partial charge on any atom is -0.388 e. The molecule has 0 aliphatic carbocycles. The number of benzene rings is 2. The highest BCUT2D eigenvalue weighted by atomic mass is 16.3. The zero-order valence-corrected chi connectivity index (χ0v) is 14.5. The number of nitrogens with zero attached hydrogens (tertiary/aromatic N) is 1. The fraction of sp³-hybridized carbons (Fsp3) is 0.350. The summed E-state index contributed by atoms with van der Waals surface area (Å²) in [6.07, 6.45) is 2.09. The first kappa shape index (κ1) is 17.3. The number of carbonyl (C=O) groups is 1. The van der Waals surface area contributed by atoms with Gasteiger partial charge in [0.05, 0.1) is 6.10 Å². The molecule has 25 heavy (non-hydrogen) atoms. The number of amides is 2. The maximum Gasteiger partial charge on any atom is 0.319 e. The molecular formula is C20H25N3O2. The van der Waals surface area contributed by atoms with Gasteiger partial charge in [0.2, 0.25) is 0 Å². The van der Waals surface area contributed by atoms with Crippen molar-refractivity contribution in [3.8, 4) is 0 Å². The molecule has 3 N–H and O–H groups in total. The van der Waals surface area contributed by atoms with Crippen LogP contribution in [0.4, 0.5) is 16.2 Å². The monoisotopic (exact) mass is 339 g/mol. The second kappa shape index (κ2) is 8.03. The number of carbonyl (C=O) groups excluding carboxylic acids is 1. The van der Waals surface area contributed by atoms with Gasteiger partial charge in [-0.05, 0) is 48.6 Å². The van der Waals surface area contributed by atoms with Crippen molar-refractivity contribution in [1.82, 2.24) is 5.32 Å². The predicted molar refractivity (Wildman–Crippen MR) is 101 cm³/mol. The summed E-state index contributed by atoms with van der Waals surface area (Å²) in [6, 6.07) is 15.3. The molecule has 0 saturated carbocycles. The molecule has 2 aromatic carbocycles. The average molecular weight is 339 g/mol. The number of aryl methyl sites for hydroxylation is 1. The van der Waals surface area contributed by atoms with Gasteiger partial charge in [0.25, 0.3) is 0 Å². The van der Waals surface area contributed by atoms with Crippen LogP contribution in [-0.4, -0.2) is 31.3 Å². The molecule has 1 heterocycles. The number of anilines is 2. The Bertz CT molecular complexity index is 718. The number of nitrogens with one attached hydrogen (secondary N) is 2. The first-order valence-corrected chi connectivity index (χ1v) is 8.75. The van der Waals surface area contributed by atoms with Crippen molar-refractivity contribution < 1.29 is 9.90 Å². The van der Waals surface area contributed by atoms with Crippen LogP contribution >= 0.6 is 0 Å². The van der Waals surface area contributed by atoms with Crippen LogP contribution in [0.25, 0.3) is 0 Å². The van der Waals surface area contributed by atoms with Crippen LogP contribution in [0.2, 0.25) is 0 Å². The third-order valence-electron chi connectivity index (χ3n) is 4.58. The van der Waals surface area contributed by atoms with Gasteiger partial charge in [-0.2, -0.15) is 0 Å². The maximum atomic E-state index is 12.0. The van der Waals surface area contributed by atoms with Crippen molar-refractivity contribution in [2.24, 2.45) is 0 Å². The van der Waals surface area contributed by atoms with Gasteiger partial charge in [-0.25, -0.2) is 4.79 Å². The number of hydrogen-bond donors (Lipinski definition) is 3. The molecular weight excluding hydrogens is 314 g/mol. The Kier molecular flexibility index (Phi) is 5.56. The number of aliphatic hydroxyl groups is 1. The lowest BCUT2D eigenvalue weighted by atomic mass is 10.0. The third-order valence-corrected chi connectivity index (χ3v) is 4.58. The van der Waals surface area contributed by atoms with E-state index in [-0.39, 0.29) is 6.03 Å². The molecule has 1 aliphatic rings. The third kappa shape index (κ3) is 4.51. The van der Waals surface area contributed by atoms with E-state index in [0.29, 0.717) is 13.0 Å². The molecule has 3 rings (SSSR count). The van der Waals surface area contributed by atoms with Crippen LogP contribution in [0.3, 0.4) is 0 Å². The molecule has 132 valence electrons. The fourth-order valence-electron chi connectivity index (χ4n) is 3.20. The van der Waals surface area contributed by atoms with Crippen LogP contribution in [0, 0.1) is 0 Å². The second-order valence-electron chi connectivity index (χ2n) is 6.46. The van der Waals surface area contributed by atoms with Crippen molar-refractivity contribution >= 4 is 17.4 Å². The Morgan fingerprint density at radius 2 is 2.04 bits per heavy atom. The van der Waals surface area contributed by atoms with Gasteiger partial charge < -0.3 is 20.6 Å². The molecule has 2 aromatic rings. The van der Waals surface area contributed by atoms with Crippen LogP contribution in [-0.2, 0) is 6.42 Å². The number of rotatable bonds is 5. The molecule has 0 aromatic heterocycles. The van der Waals surface area contributed by atoms with E-state index in [0.717, 1.165) is 30.6 Å². The van der Waals surface area contributed by atoms with E-state index in [1.807, 2.05) is 42.5 Å². The average Bonchev–Trinajstić information content (AvgIpc) is 2.62. The molecule has 0 fully saturated rings. The molecule has 0 saturated heterocycles. The Morgan fingerprint density at radius 3 is 2.84 bits per heavy atom. The van der Waals surface area contributed by atoms with Crippen LogP contribution in [0.5, 0.6) is 0 Å². The first-order valence-electron chi connectivity index (χ1n) is 8.75. The summed E-state index contributed by atoms with van der Waals surface area (Å²) in [5.41, 5.74) is 4.17. The molecule has 1 atom stereocenters. The molecule has 1 aliphatic heterocycles. The SMILES string of the molecule is CN1CCCc2cc(NC(=O)NCCC(O)c3ccccc3)ccc21. The lowest BCUT2D eigenvalue weighted by Crippen LogP contribution is -2.30. The second-order valence-corrected chi connectivity index (χ2v) is 6.46. The van der Waals surface area contributed by atoms with Crippen LogP contribution < -0.4 is 15.5 Å². The van der Waals surface area contributed by atoms with E-state index in [1.54, 1.807) is 0 Å². The van der Waals surface area contributed by atoms with E-state index < -0.39 is 6.10 Å². The van der Waals surface area contributed by atoms with Gasteiger partial charge in [-0.1, -0.05) is 30.3 Å². The summed E-state index contributed by atoms with van der Waals surface area (Å²) in [7, 11) is 2.09. The van der Waals surface area contributed by atoms with E-state index in [1.165, 1.54) is 11.3 Å². The zero-order chi connectivity index (χ0) is 17.6. The molecule has 0 bridgehead atoms. The highest BCUT2D eigenvalue weighted by Crippen LogP contribution is 2.28. The highest BCUT2D eigenvalue weighted by molar-refractivity contribution is 5.89. The summed E-state index contributed by atoms with van der Waals surface area (Å²) in [5, 5.41) is 15.8. The van der Waals surface area contributed by atoms with Crippen LogP contribution in [0.1, 0.15) is 30.1 Å². The Morgan fingerprint density at radius 1 is 1.24 bits per heavy atom. The van der Waals surface area contributed by atoms with Crippen LogP contribution in [0.15, 0.2) is 48.5 Å². The quantitative estimate of drug-likeness (QED) is 0.783. The summed E-state index contributed by atoms with van der Waals surface area (Å²) in [4.78, 5) is 14.3. The standard InChI is InChI=1S/C20H25N3O2/c1-23-13-5-8-16-14-17(9-10-18(16)23)22-20(25)21-12-11-19(24)15-6-3-2-4-7-15/h2-4,6-7,9-10,14,19,24H,5,8,11-13H2,1H3,(H2,21,22,25). The van der Waals surface area contributed by atoms with Gasteiger partial charge in [0.1, 0.15) is 0 Å². The smallest absolute Gasteiger partial charge is 0.319 e. The molecule has 1 unspecified atom stereocenters. The van der Waals surface area contributed by atoms with Crippen molar-refractivity contribution in [1.29, 1.82) is 0 Å². The molecule has 5 heteroatoms. The van der Waals surface area contributed by atoms with Gasteiger partial charge >= 0.3 is 6.03 Å². The number of aliphatic hydroxyl groups excluding tert-OH is 1. The van der Waals surface area contributed by atoms with E-state index in [9.17, 15) is 9.90 Å². The van der Waals surface area contributed by atoms with Crippen molar-refractivity contribution in [2.45, 2.75) is 25.4 Å². The van der Waals surface area contributed by atoms with E-state index in [2.05, 4.69) is 28.6 Å². The van der Waals surface area contributed by atoms with Gasteiger partial charge in [0, 0.05) is 31.5 Å². The van der Waals surface area contributed by atoms with Gasteiger partial charge in [-0.3, -0.25) is 0 Å². The largest absolute Gasteiger partial charge is 0.388 e. The summed E-state index contributed by atoms with van der Waals surface area (Å²) in [6.45, 7) is 1.49. The Balaban J connectivity index is 1.48. The van der Waals surface area contributed by atoms with Gasteiger partial charge in [0.15, 0.2) is 0 Å². The normalized spacial score (nSPS) is 14.6. The molecule has 0 radical (unpaired) electrons. The highest BCUT2D eigenvalue weighted by Gasteiger charge is 2.14. The summed E-state index contributed by atoms with van der Waals surface area (Å²) in [5.74, 6) is 0. The van der Waals surface area contributed by atoms with Crippen molar-refractivity contribution in [3.63, 3.8) is 0 Å². The summed E-state index contributed by atoms with van der Waals surface area (Å²) < 4.78 is 0. The van der Waals surface area contributed by atoms with Crippen molar-refractivity contribution in [3.05, 3.63) is 59.7 Å². The van der Waals surface area contributed by atoms with E-state index in [4.69, 9.17) is 0 Å². The fourth-order valence-corrected chi connectivity index (χ4v) is 3.20. The van der Waals surface area contributed by atoms with Crippen molar-refractivity contribution in [2.75, 3.05) is 30.4 Å². The summed E-state index contributed by atoms with van der Waals surface area (Å²) >= 11 is 0. The van der Waals surface area contributed by atoms with E-state index >= 15 is 0 Å². The van der Waals surface area contributed by atoms with Gasteiger partial charge in [-0.15, -0.1) is 0 Å². The lowest BCUT2D eigenvalue weighted by molar-refractivity contribution is 0.167. The number of urea groups is 1. The zero-order valence-electron chi connectivity index (χ0n) is 14.5. The molecule has 5 nitrogen and oxygen atoms in total. The predicted octanol–water partition coefficient (Wildman–Crippen LogP) is 3.31. The lowest BCUT2D eigenvalue weighted by Gasteiger charge is -2.27. The topological polar surface area (TPSA) is 64.6 Å². The number of fused-ring (bicyclic) bond motifs is 1. The first-order chi connectivity index (χ1) is 12.1. The Labute approximate surface area is 148 Å².